The maximum absolute atomic E-state index is 10.3. The Kier molecular flexibility index (Phi) is 3.66. The summed E-state index contributed by atoms with van der Waals surface area (Å²) in [5.41, 5.74) is 0.717. The molecule has 1 heterocycles. The van der Waals surface area contributed by atoms with Crippen molar-refractivity contribution in [1.29, 1.82) is 0 Å². The van der Waals surface area contributed by atoms with Crippen molar-refractivity contribution in [3.63, 3.8) is 0 Å². The monoisotopic (exact) mass is 250 g/mol. The van der Waals surface area contributed by atoms with Crippen LogP contribution in [0.2, 0.25) is 0 Å². The molecule has 0 bridgehead atoms. The van der Waals surface area contributed by atoms with E-state index in [1.165, 1.54) is 11.3 Å². The number of rotatable bonds is 4. The van der Waals surface area contributed by atoms with Crippen LogP contribution in [0.5, 0.6) is 11.5 Å². The Bertz CT molecular complexity index is 479. The zero-order valence-corrected chi connectivity index (χ0v) is 10.5. The number of hydrogen-bond acceptors (Lipinski definition) is 4. The molecule has 2 aromatic rings. The minimum atomic E-state index is -0.681. The van der Waals surface area contributed by atoms with Crippen LogP contribution >= 0.6 is 11.3 Å². The van der Waals surface area contributed by atoms with Crippen molar-refractivity contribution in [2.24, 2.45) is 0 Å². The van der Waals surface area contributed by atoms with Gasteiger partial charge in [0.1, 0.15) is 17.6 Å². The molecule has 1 atom stereocenters. The molecule has 2 rings (SSSR count). The molecule has 1 aromatic heterocycles. The highest BCUT2D eigenvalue weighted by atomic mass is 32.1. The molecular weight excluding hydrogens is 236 g/mol. The van der Waals surface area contributed by atoms with Gasteiger partial charge < -0.3 is 14.6 Å². The van der Waals surface area contributed by atoms with Gasteiger partial charge in [-0.3, -0.25) is 0 Å². The summed E-state index contributed by atoms with van der Waals surface area (Å²) in [6.07, 6.45) is -0.681. The number of aliphatic hydroxyl groups is 1. The molecule has 0 aliphatic rings. The summed E-state index contributed by atoms with van der Waals surface area (Å²) in [6, 6.07) is 9.21. The summed E-state index contributed by atoms with van der Waals surface area (Å²) < 4.78 is 10.4. The maximum atomic E-state index is 10.3. The number of benzene rings is 1. The third-order valence-corrected chi connectivity index (χ3v) is 3.47. The molecule has 1 N–H and O–H groups in total. The molecule has 90 valence electrons. The van der Waals surface area contributed by atoms with Crippen molar-refractivity contribution in [2.75, 3.05) is 14.2 Å². The highest BCUT2D eigenvalue weighted by Gasteiger charge is 2.17. The van der Waals surface area contributed by atoms with Gasteiger partial charge in [0.05, 0.1) is 14.2 Å². The number of hydrogen-bond donors (Lipinski definition) is 1. The molecule has 3 nitrogen and oxygen atoms in total. The summed E-state index contributed by atoms with van der Waals surface area (Å²) in [7, 11) is 3.19. The fourth-order valence-electron chi connectivity index (χ4n) is 1.65. The van der Waals surface area contributed by atoms with Gasteiger partial charge >= 0.3 is 0 Å². The Morgan fingerprint density at radius 2 is 2.00 bits per heavy atom. The zero-order chi connectivity index (χ0) is 12.3. The van der Waals surface area contributed by atoms with Crippen LogP contribution in [0.15, 0.2) is 35.7 Å². The summed E-state index contributed by atoms with van der Waals surface area (Å²) in [4.78, 5) is 0.886. The van der Waals surface area contributed by atoms with Crippen molar-refractivity contribution in [1.82, 2.24) is 0 Å². The molecule has 0 saturated carbocycles. The first-order chi connectivity index (χ1) is 8.26. The third-order valence-electron chi connectivity index (χ3n) is 2.54. The van der Waals surface area contributed by atoms with Crippen LogP contribution < -0.4 is 9.47 Å². The largest absolute Gasteiger partial charge is 0.497 e. The van der Waals surface area contributed by atoms with Crippen molar-refractivity contribution >= 4 is 11.3 Å². The van der Waals surface area contributed by atoms with Crippen LogP contribution in [0.25, 0.3) is 0 Å². The van der Waals surface area contributed by atoms with Crippen LogP contribution in [0.3, 0.4) is 0 Å². The Labute approximate surface area is 104 Å². The maximum Gasteiger partial charge on any atom is 0.125 e. The quantitative estimate of drug-likeness (QED) is 0.906. The average molecular weight is 250 g/mol. The Morgan fingerprint density at radius 1 is 1.18 bits per heavy atom. The standard InChI is InChI=1S/C13H14O3S/c1-15-9-5-6-11(16-2)10(8-9)13(14)12-4-3-7-17-12/h3-8,13-14H,1-2H3/t13-/m1/s1. The van der Waals surface area contributed by atoms with E-state index in [2.05, 4.69) is 0 Å². The fourth-order valence-corrected chi connectivity index (χ4v) is 2.38. The van der Waals surface area contributed by atoms with Crippen LogP contribution in [-0.2, 0) is 0 Å². The van der Waals surface area contributed by atoms with E-state index in [0.717, 1.165) is 4.88 Å². The number of thiophene rings is 1. The van der Waals surface area contributed by atoms with E-state index in [1.54, 1.807) is 26.4 Å². The summed E-state index contributed by atoms with van der Waals surface area (Å²) in [5.74, 6) is 1.36. The SMILES string of the molecule is COc1ccc(OC)c([C@@H](O)c2cccs2)c1. The lowest BCUT2D eigenvalue weighted by molar-refractivity contribution is 0.218. The van der Waals surface area contributed by atoms with Crippen LogP contribution in [0.1, 0.15) is 16.5 Å². The fraction of sp³-hybridized carbons (Fsp3) is 0.231. The van der Waals surface area contributed by atoms with Gasteiger partial charge in [-0.25, -0.2) is 0 Å². The van der Waals surface area contributed by atoms with Crippen molar-refractivity contribution < 1.29 is 14.6 Å². The van der Waals surface area contributed by atoms with Gasteiger partial charge in [-0.2, -0.15) is 0 Å². The first-order valence-corrected chi connectivity index (χ1v) is 6.07. The smallest absolute Gasteiger partial charge is 0.125 e. The van der Waals surface area contributed by atoms with Gasteiger partial charge in [0.25, 0.3) is 0 Å². The zero-order valence-electron chi connectivity index (χ0n) is 9.71. The molecule has 0 aliphatic carbocycles. The molecule has 0 saturated heterocycles. The van der Waals surface area contributed by atoms with Gasteiger partial charge in [0.2, 0.25) is 0 Å². The number of ether oxygens (including phenoxy) is 2. The number of methoxy groups -OCH3 is 2. The molecule has 0 aliphatic heterocycles. The van der Waals surface area contributed by atoms with Gasteiger partial charge in [-0.1, -0.05) is 6.07 Å². The molecule has 0 unspecified atom stereocenters. The molecule has 0 amide bonds. The minimum absolute atomic E-state index is 0.659. The van der Waals surface area contributed by atoms with Crippen molar-refractivity contribution in [3.8, 4) is 11.5 Å². The van der Waals surface area contributed by atoms with Gasteiger partial charge in [-0.05, 0) is 29.6 Å². The minimum Gasteiger partial charge on any atom is -0.497 e. The molecule has 0 radical (unpaired) electrons. The van der Waals surface area contributed by atoms with Crippen LogP contribution in [-0.4, -0.2) is 19.3 Å². The van der Waals surface area contributed by atoms with E-state index >= 15 is 0 Å². The Hall–Kier alpha value is -1.52. The van der Waals surface area contributed by atoms with Crippen molar-refractivity contribution in [2.45, 2.75) is 6.10 Å². The molecule has 4 heteroatoms. The normalized spacial score (nSPS) is 12.2. The van der Waals surface area contributed by atoms with Crippen molar-refractivity contribution in [3.05, 3.63) is 46.2 Å². The molecule has 0 spiro atoms. The summed E-state index contributed by atoms with van der Waals surface area (Å²) in [5, 5.41) is 12.2. The second kappa shape index (κ2) is 5.21. The second-order valence-electron chi connectivity index (χ2n) is 3.53. The molecule has 0 fully saturated rings. The van der Waals surface area contributed by atoms with E-state index < -0.39 is 6.10 Å². The first kappa shape index (κ1) is 12.0. The first-order valence-electron chi connectivity index (χ1n) is 5.19. The lowest BCUT2D eigenvalue weighted by Gasteiger charge is -2.14. The highest BCUT2D eigenvalue weighted by Crippen LogP contribution is 2.34. The Balaban J connectivity index is 2.41. The van der Waals surface area contributed by atoms with E-state index in [9.17, 15) is 5.11 Å². The molecule has 1 aromatic carbocycles. The molecular formula is C13H14O3S. The summed E-state index contributed by atoms with van der Waals surface area (Å²) in [6.45, 7) is 0. The van der Waals surface area contributed by atoms with Crippen LogP contribution in [0, 0.1) is 0 Å². The lowest BCUT2D eigenvalue weighted by Crippen LogP contribution is -2.01. The van der Waals surface area contributed by atoms with Crippen LogP contribution in [0.4, 0.5) is 0 Å². The second-order valence-corrected chi connectivity index (χ2v) is 4.51. The topological polar surface area (TPSA) is 38.7 Å². The predicted molar refractivity (Wildman–Crippen MR) is 67.9 cm³/mol. The average Bonchev–Trinajstić information content (AvgIpc) is 2.91. The predicted octanol–water partition coefficient (Wildman–Crippen LogP) is 2.85. The number of aliphatic hydroxyl groups excluding tert-OH is 1. The lowest BCUT2D eigenvalue weighted by atomic mass is 10.1. The van der Waals surface area contributed by atoms with Gasteiger partial charge in [-0.15, -0.1) is 11.3 Å². The molecule has 17 heavy (non-hydrogen) atoms. The Morgan fingerprint density at radius 3 is 2.59 bits per heavy atom. The third kappa shape index (κ3) is 2.43. The van der Waals surface area contributed by atoms with Gasteiger partial charge in [0, 0.05) is 10.4 Å². The van der Waals surface area contributed by atoms with E-state index in [-0.39, 0.29) is 0 Å². The van der Waals surface area contributed by atoms with E-state index in [0.29, 0.717) is 17.1 Å². The summed E-state index contributed by atoms with van der Waals surface area (Å²) >= 11 is 1.51. The van der Waals surface area contributed by atoms with E-state index in [1.807, 2.05) is 23.6 Å². The van der Waals surface area contributed by atoms with Gasteiger partial charge in [0.15, 0.2) is 0 Å². The van der Waals surface area contributed by atoms with E-state index in [4.69, 9.17) is 9.47 Å². The highest BCUT2D eigenvalue weighted by molar-refractivity contribution is 7.10.